The summed E-state index contributed by atoms with van der Waals surface area (Å²) in [5.41, 5.74) is 1.34. The quantitative estimate of drug-likeness (QED) is 0.364. The number of carboxylic acids is 1. The number of hydrogen-bond acceptors (Lipinski definition) is 4. The molecule has 0 aliphatic carbocycles. The molecule has 0 aromatic heterocycles. The standard InChI is InChI=1S/C36H44N4O4/c1-27(2)35(3,33(42)43)37(4)34(44)39-23-14-22-38(25-26-39)32(41)31-21-24-40(31)36(28-15-8-5-9-16-28,29-17-10-6-11-18-29)30-19-12-7-13-20-30/h5-13,15-20,27,31H,14,21-26H2,1-4H3,(H,42,43)/t31-,35+/m1/s1. The summed E-state index contributed by atoms with van der Waals surface area (Å²) in [6.45, 7) is 7.76. The second kappa shape index (κ2) is 12.8. The van der Waals surface area contributed by atoms with Crippen LogP contribution >= 0.6 is 0 Å². The Labute approximate surface area is 260 Å². The molecule has 0 saturated carbocycles. The fraction of sp³-hybridized carbons (Fsp3) is 0.417. The fourth-order valence-electron chi connectivity index (χ4n) is 6.81. The molecule has 2 heterocycles. The van der Waals surface area contributed by atoms with Gasteiger partial charge in [-0.2, -0.15) is 0 Å². The van der Waals surface area contributed by atoms with E-state index >= 15 is 0 Å². The summed E-state index contributed by atoms with van der Waals surface area (Å²) in [6, 6.07) is 30.6. The molecule has 8 nitrogen and oxygen atoms in total. The molecule has 5 rings (SSSR count). The van der Waals surface area contributed by atoms with Crippen molar-refractivity contribution in [3.8, 4) is 0 Å². The number of benzene rings is 3. The second-order valence-electron chi connectivity index (χ2n) is 12.4. The van der Waals surface area contributed by atoms with Crippen molar-refractivity contribution < 1.29 is 19.5 Å². The highest BCUT2D eigenvalue weighted by Crippen LogP contribution is 2.47. The average Bonchev–Trinajstić information content (AvgIpc) is 3.29. The van der Waals surface area contributed by atoms with Crippen molar-refractivity contribution in [1.29, 1.82) is 0 Å². The van der Waals surface area contributed by atoms with E-state index in [1.807, 2.05) is 36.9 Å². The van der Waals surface area contributed by atoms with Gasteiger partial charge in [-0.15, -0.1) is 0 Å². The molecule has 3 aromatic rings. The molecule has 0 spiro atoms. The lowest BCUT2D eigenvalue weighted by molar-refractivity contribution is -0.151. The number of nitrogens with zero attached hydrogens (tertiary/aromatic N) is 4. The van der Waals surface area contributed by atoms with E-state index in [9.17, 15) is 19.5 Å². The van der Waals surface area contributed by atoms with Crippen molar-refractivity contribution in [3.05, 3.63) is 108 Å². The van der Waals surface area contributed by atoms with Gasteiger partial charge in [0, 0.05) is 39.8 Å². The van der Waals surface area contributed by atoms with E-state index in [1.54, 1.807) is 18.9 Å². The minimum atomic E-state index is -1.33. The molecule has 8 heteroatoms. The van der Waals surface area contributed by atoms with E-state index in [-0.39, 0.29) is 23.9 Å². The van der Waals surface area contributed by atoms with Gasteiger partial charge in [-0.1, -0.05) is 105 Å². The number of rotatable bonds is 8. The van der Waals surface area contributed by atoms with Gasteiger partial charge >= 0.3 is 12.0 Å². The second-order valence-corrected chi connectivity index (χ2v) is 12.4. The van der Waals surface area contributed by atoms with E-state index in [0.717, 1.165) is 29.7 Å². The van der Waals surface area contributed by atoms with Crippen molar-refractivity contribution in [2.24, 2.45) is 5.92 Å². The van der Waals surface area contributed by atoms with E-state index in [1.165, 1.54) is 4.90 Å². The molecule has 232 valence electrons. The van der Waals surface area contributed by atoms with Gasteiger partial charge in [0.15, 0.2) is 0 Å². The Morgan fingerprint density at radius 2 is 1.20 bits per heavy atom. The molecule has 44 heavy (non-hydrogen) atoms. The van der Waals surface area contributed by atoms with Crippen LogP contribution in [0.5, 0.6) is 0 Å². The van der Waals surface area contributed by atoms with Crippen LogP contribution < -0.4 is 0 Å². The van der Waals surface area contributed by atoms with Crippen LogP contribution in [0.15, 0.2) is 91.0 Å². The summed E-state index contributed by atoms with van der Waals surface area (Å²) in [5.74, 6) is -1.23. The lowest BCUT2D eigenvalue weighted by atomic mass is 9.72. The Hall–Kier alpha value is -4.17. The van der Waals surface area contributed by atoms with Crippen molar-refractivity contribution in [3.63, 3.8) is 0 Å². The molecule has 1 N–H and O–H groups in total. The average molecular weight is 597 g/mol. The lowest BCUT2D eigenvalue weighted by Gasteiger charge is -2.54. The number of likely N-dealkylation sites (tertiary alicyclic amines) is 1. The van der Waals surface area contributed by atoms with E-state index < -0.39 is 17.0 Å². The van der Waals surface area contributed by atoms with Crippen LogP contribution in [0.4, 0.5) is 4.79 Å². The molecule has 0 unspecified atom stereocenters. The maximum Gasteiger partial charge on any atom is 0.329 e. The summed E-state index contributed by atoms with van der Waals surface area (Å²) in [7, 11) is 1.56. The molecule has 2 fully saturated rings. The molecular weight excluding hydrogens is 552 g/mol. The van der Waals surface area contributed by atoms with Crippen LogP contribution in [0.2, 0.25) is 0 Å². The van der Waals surface area contributed by atoms with Gasteiger partial charge in [-0.05, 0) is 42.4 Å². The molecule has 2 aliphatic heterocycles. The van der Waals surface area contributed by atoms with E-state index in [0.29, 0.717) is 32.6 Å². The van der Waals surface area contributed by atoms with Crippen LogP contribution in [0.1, 0.15) is 50.3 Å². The van der Waals surface area contributed by atoms with Crippen molar-refractivity contribution in [1.82, 2.24) is 19.6 Å². The SMILES string of the molecule is CC(C)[C@@](C)(C(=O)O)N(C)C(=O)N1CCCN(C(=O)[C@H]2CCN2C(c2ccccc2)(c2ccccc2)c2ccccc2)CC1. The van der Waals surface area contributed by atoms with Gasteiger partial charge in [-0.25, -0.2) is 9.59 Å². The van der Waals surface area contributed by atoms with Gasteiger partial charge in [-0.3, -0.25) is 9.69 Å². The number of urea groups is 1. The summed E-state index contributed by atoms with van der Waals surface area (Å²) in [4.78, 5) is 47.3. The summed E-state index contributed by atoms with van der Waals surface area (Å²) in [6.07, 6.45) is 1.38. The maximum absolute atomic E-state index is 14.3. The molecule has 2 saturated heterocycles. The number of likely N-dealkylation sites (N-methyl/N-ethyl adjacent to an activating group) is 1. The minimum Gasteiger partial charge on any atom is -0.479 e. The zero-order chi connectivity index (χ0) is 31.5. The van der Waals surface area contributed by atoms with Crippen LogP contribution in [-0.4, -0.2) is 94.0 Å². The first-order valence-electron chi connectivity index (χ1n) is 15.6. The molecule has 3 aromatic carbocycles. The van der Waals surface area contributed by atoms with Crippen LogP contribution in [0, 0.1) is 5.92 Å². The summed E-state index contributed by atoms with van der Waals surface area (Å²) < 4.78 is 0. The highest BCUT2D eigenvalue weighted by molar-refractivity contribution is 5.86. The first-order valence-corrected chi connectivity index (χ1v) is 15.6. The van der Waals surface area contributed by atoms with Gasteiger partial charge in [0.25, 0.3) is 0 Å². The normalized spacial score (nSPS) is 19.1. The van der Waals surface area contributed by atoms with Crippen molar-refractivity contribution in [2.75, 3.05) is 39.8 Å². The van der Waals surface area contributed by atoms with Gasteiger partial charge in [0.05, 0.1) is 11.6 Å². The molecule has 2 atom stereocenters. The number of aliphatic carboxylic acids is 1. The Balaban J connectivity index is 1.42. The fourth-order valence-corrected chi connectivity index (χ4v) is 6.81. The summed E-state index contributed by atoms with van der Waals surface area (Å²) in [5, 5.41) is 9.95. The smallest absolute Gasteiger partial charge is 0.329 e. The van der Waals surface area contributed by atoms with E-state index in [2.05, 4.69) is 77.7 Å². The monoisotopic (exact) mass is 596 g/mol. The predicted molar refractivity (Wildman–Crippen MR) is 171 cm³/mol. The Morgan fingerprint density at radius 3 is 1.61 bits per heavy atom. The van der Waals surface area contributed by atoms with Gasteiger partial charge in [0.1, 0.15) is 5.54 Å². The number of carbonyl (C=O) groups is 3. The molecule has 3 amide bonds. The molecule has 0 radical (unpaired) electrons. The first kappa shape index (κ1) is 31.3. The number of hydrogen-bond donors (Lipinski definition) is 1. The minimum absolute atomic E-state index is 0.0728. The lowest BCUT2D eigenvalue weighted by Crippen LogP contribution is -2.65. The number of amides is 3. The Morgan fingerprint density at radius 1 is 0.750 bits per heavy atom. The van der Waals surface area contributed by atoms with Gasteiger partial charge < -0.3 is 19.8 Å². The Kier molecular flexibility index (Phi) is 9.11. The van der Waals surface area contributed by atoms with Crippen molar-refractivity contribution >= 4 is 17.9 Å². The Bertz CT molecular complexity index is 1350. The zero-order valence-electron chi connectivity index (χ0n) is 26.2. The molecule has 0 bridgehead atoms. The first-order chi connectivity index (χ1) is 21.1. The third kappa shape index (κ3) is 5.36. The highest BCUT2D eigenvalue weighted by atomic mass is 16.4. The number of carbonyl (C=O) groups excluding carboxylic acids is 2. The maximum atomic E-state index is 14.3. The highest BCUT2D eigenvalue weighted by Gasteiger charge is 2.52. The predicted octanol–water partition coefficient (Wildman–Crippen LogP) is 5.14. The topological polar surface area (TPSA) is 84.4 Å². The summed E-state index contributed by atoms with van der Waals surface area (Å²) >= 11 is 0. The van der Waals surface area contributed by atoms with Crippen LogP contribution in [-0.2, 0) is 15.1 Å². The zero-order valence-corrected chi connectivity index (χ0v) is 26.2. The third-order valence-corrected chi connectivity index (χ3v) is 9.93. The molecule has 2 aliphatic rings. The van der Waals surface area contributed by atoms with E-state index in [4.69, 9.17) is 0 Å². The third-order valence-electron chi connectivity index (χ3n) is 9.93. The van der Waals surface area contributed by atoms with Gasteiger partial charge in [0.2, 0.25) is 5.91 Å². The largest absolute Gasteiger partial charge is 0.479 e. The number of carboxylic acid groups (broad SMARTS) is 1. The van der Waals surface area contributed by atoms with Crippen LogP contribution in [0.3, 0.4) is 0 Å². The molecular formula is C36H44N4O4. The van der Waals surface area contributed by atoms with Crippen molar-refractivity contribution in [2.45, 2.75) is 50.7 Å². The van der Waals surface area contributed by atoms with Crippen LogP contribution in [0.25, 0.3) is 0 Å².